The number of ether oxygens (including phenoxy) is 2. The van der Waals surface area contributed by atoms with Crippen molar-refractivity contribution in [3.63, 3.8) is 0 Å². The quantitative estimate of drug-likeness (QED) is 0.835. The highest BCUT2D eigenvalue weighted by molar-refractivity contribution is 7.16. The molecule has 5 heteroatoms. The lowest BCUT2D eigenvalue weighted by Crippen LogP contribution is -2.13. The van der Waals surface area contributed by atoms with Crippen LogP contribution in [-0.2, 0) is 13.2 Å². The molecule has 1 aromatic heterocycles. The van der Waals surface area contributed by atoms with Gasteiger partial charge in [0, 0.05) is 17.0 Å². The Morgan fingerprint density at radius 2 is 2.10 bits per heavy atom. The standard InChI is InChI=1S/C15H18ClNO2S/c1-3-17-9-11-5-4-6-13(18-2)15(11)19-10-12-7-8-14(16)20-12/h4-8,17H,3,9-10H2,1-2H3. The number of nitrogens with one attached hydrogen (secondary N) is 1. The topological polar surface area (TPSA) is 30.5 Å². The summed E-state index contributed by atoms with van der Waals surface area (Å²) in [4.78, 5) is 1.09. The molecule has 0 aliphatic carbocycles. The van der Waals surface area contributed by atoms with Crippen LogP contribution in [0.2, 0.25) is 4.34 Å². The van der Waals surface area contributed by atoms with E-state index in [1.54, 1.807) is 7.11 Å². The average molecular weight is 312 g/mol. The highest BCUT2D eigenvalue weighted by Crippen LogP contribution is 2.32. The molecule has 2 aromatic rings. The van der Waals surface area contributed by atoms with Crippen molar-refractivity contribution in [2.45, 2.75) is 20.1 Å². The molecule has 0 radical (unpaired) electrons. The molecule has 0 saturated carbocycles. The van der Waals surface area contributed by atoms with E-state index in [2.05, 4.69) is 12.2 Å². The molecule has 0 aliphatic rings. The maximum absolute atomic E-state index is 5.94. The van der Waals surface area contributed by atoms with Crippen molar-refractivity contribution in [2.24, 2.45) is 0 Å². The van der Waals surface area contributed by atoms with Gasteiger partial charge in [-0.25, -0.2) is 0 Å². The lowest BCUT2D eigenvalue weighted by atomic mass is 10.2. The number of methoxy groups -OCH3 is 1. The Labute approximate surface area is 128 Å². The Kier molecular flexibility index (Phi) is 5.71. The summed E-state index contributed by atoms with van der Waals surface area (Å²) in [5.41, 5.74) is 1.09. The van der Waals surface area contributed by atoms with Gasteiger partial charge in [-0.1, -0.05) is 30.7 Å². The second-order valence-corrected chi connectivity index (χ2v) is 6.02. The third-order valence-electron chi connectivity index (χ3n) is 2.83. The normalized spacial score (nSPS) is 10.6. The first-order valence-corrected chi connectivity index (χ1v) is 7.67. The number of halogens is 1. The maximum atomic E-state index is 5.94. The van der Waals surface area contributed by atoms with Crippen LogP contribution >= 0.6 is 22.9 Å². The Hall–Kier alpha value is -1.23. The summed E-state index contributed by atoms with van der Waals surface area (Å²) < 4.78 is 12.1. The van der Waals surface area contributed by atoms with Crippen LogP contribution < -0.4 is 14.8 Å². The van der Waals surface area contributed by atoms with Crippen LogP contribution in [0.5, 0.6) is 11.5 Å². The first-order valence-electron chi connectivity index (χ1n) is 6.48. The Balaban J connectivity index is 2.14. The van der Waals surface area contributed by atoms with Gasteiger partial charge < -0.3 is 14.8 Å². The molecule has 1 heterocycles. The van der Waals surface area contributed by atoms with Crippen LogP contribution in [-0.4, -0.2) is 13.7 Å². The summed E-state index contributed by atoms with van der Waals surface area (Å²) in [7, 11) is 1.65. The molecule has 0 saturated heterocycles. The fraction of sp³-hybridized carbons (Fsp3) is 0.333. The van der Waals surface area contributed by atoms with Gasteiger partial charge in [0.15, 0.2) is 11.5 Å². The molecule has 0 bridgehead atoms. The Morgan fingerprint density at radius 1 is 1.25 bits per heavy atom. The van der Waals surface area contributed by atoms with Crippen molar-refractivity contribution >= 4 is 22.9 Å². The van der Waals surface area contributed by atoms with Crippen molar-refractivity contribution in [1.82, 2.24) is 5.32 Å². The number of rotatable bonds is 7. The lowest BCUT2D eigenvalue weighted by Gasteiger charge is -2.14. The molecule has 20 heavy (non-hydrogen) atoms. The summed E-state index contributed by atoms with van der Waals surface area (Å²) in [5.74, 6) is 1.54. The van der Waals surface area contributed by atoms with Gasteiger partial charge >= 0.3 is 0 Å². The monoisotopic (exact) mass is 311 g/mol. The molecule has 1 N–H and O–H groups in total. The molecule has 0 amide bonds. The summed E-state index contributed by atoms with van der Waals surface area (Å²) in [6, 6.07) is 9.79. The molecule has 2 rings (SSSR count). The number of hydrogen-bond donors (Lipinski definition) is 1. The fourth-order valence-corrected chi connectivity index (χ4v) is 2.86. The molecule has 0 aliphatic heterocycles. The first kappa shape index (κ1) is 15.2. The van der Waals surface area contributed by atoms with Crippen molar-refractivity contribution in [2.75, 3.05) is 13.7 Å². The van der Waals surface area contributed by atoms with Gasteiger partial charge in [-0.05, 0) is 24.7 Å². The minimum Gasteiger partial charge on any atom is -0.493 e. The van der Waals surface area contributed by atoms with E-state index >= 15 is 0 Å². The van der Waals surface area contributed by atoms with E-state index in [4.69, 9.17) is 21.1 Å². The van der Waals surface area contributed by atoms with Crippen LogP contribution in [0.1, 0.15) is 17.4 Å². The molecule has 0 spiro atoms. The molecule has 3 nitrogen and oxygen atoms in total. The highest BCUT2D eigenvalue weighted by Gasteiger charge is 2.11. The SMILES string of the molecule is CCNCc1cccc(OC)c1OCc1ccc(Cl)s1. The molecule has 1 aromatic carbocycles. The molecule has 0 fully saturated rings. The maximum Gasteiger partial charge on any atom is 0.166 e. The lowest BCUT2D eigenvalue weighted by molar-refractivity contribution is 0.283. The van der Waals surface area contributed by atoms with Gasteiger partial charge in [0.25, 0.3) is 0 Å². The van der Waals surface area contributed by atoms with Crippen molar-refractivity contribution in [3.8, 4) is 11.5 Å². The third-order valence-corrected chi connectivity index (χ3v) is 4.04. The van der Waals surface area contributed by atoms with Crippen LogP contribution in [0.3, 0.4) is 0 Å². The van der Waals surface area contributed by atoms with Crippen molar-refractivity contribution in [1.29, 1.82) is 0 Å². The fourth-order valence-electron chi connectivity index (χ4n) is 1.86. The largest absolute Gasteiger partial charge is 0.493 e. The van der Waals surface area contributed by atoms with E-state index in [1.165, 1.54) is 11.3 Å². The third kappa shape index (κ3) is 3.88. The van der Waals surface area contributed by atoms with Gasteiger partial charge in [0.05, 0.1) is 11.4 Å². The number of hydrogen-bond acceptors (Lipinski definition) is 4. The first-order chi connectivity index (χ1) is 9.74. The van der Waals surface area contributed by atoms with Gasteiger partial charge in [-0.3, -0.25) is 0 Å². The van der Waals surface area contributed by atoms with Gasteiger partial charge in [-0.2, -0.15) is 0 Å². The second kappa shape index (κ2) is 7.53. The molecule has 108 valence electrons. The zero-order valence-electron chi connectivity index (χ0n) is 11.6. The van der Waals surface area contributed by atoms with Crippen molar-refractivity contribution < 1.29 is 9.47 Å². The van der Waals surface area contributed by atoms with Crippen LogP contribution in [0, 0.1) is 0 Å². The van der Waals surface area contributed by atoms with Gasteiger partial charge in [0.1, 0.15) is 6.61 Å². The number of para-hydroxylation sites is 1. The highest BCUT2D eigenvalue weighted by atomic mass is 35.5. The summed E-state index contributed by atoms with van der Waals surface area (Å²) in [5, 5.41) is 3.30. The number of thiophene rings is 1. The predicted octanol–water partition coefficient (Wildman–Crippen LogP) is 4.10. The Morgan fingerprint density at radius 3 is 2.75 bits per heavy atom. The molecular weight excluding hydrogens is 294 g/mol. The minimum atomic E-state index is 0.497. The molecular formula is C15H18ClNO2S. The summed E-state index contributed by atoms with van der Waals surface area (Å²) in [6.45, 7) is 4.25. The second-order valence-electron chi connectivity index (χ2n) is 4.22. The Bertz CT molecular complexity index is 557. The smallest absolute Gasteiger partial charge is 0.166 e. The van der Waals surface area contributed by atoms with Crippen LogP contribution in [0.15, 0.2) is 30.3 Å². The van der Waals surface area contributed by atoms with E-state index in [0.717, 1.165) is 39.4 Å². The van der Waals surface area contributed by atoms with Gasteiger partial charge in [-0.15, -0.1) is 11.3 Å². The predicted molar refractivity (Wildman–Crippen MR) is 84.0 cm³/mol. The van der Waals surface area contributed by atoms with E-state index in [9.17, 15) is 0 Å². The minimum absolute atomic E-state index is 0.497. The van der Waals surface area contributed by atoms with E-state index < -0.39 is 0 Å². The van der Waals surface area contributed by atoms with Crippen LogP contribution in [0.4, 0.5) is 0 Å². The summed E-state index contributed by atoms with van der Waals surface area (Å²) >= 11 is 7.46. The zero-order valence-corrected chi connectivity index (χ0v) is 13.2. The van der Waals surface area contributed by atoms with E-state index in [0.29, 0.717) is 6.61 Å². The van der Waals surface area contributed by atoms with E-state index in [-0.39, 0.29) is 0 Å². The average Bonchev–Trinajstić information content (AvgIpc) is 2.88. The van der Waals surface area contributed by atoms with Crippen molar-refractivity contribution in [3.05, 3.63) is 45.1 Å². The zero-order chi connectivity index (χ0) is 14.4. The summed E-state index contributed by atoms with van der Waals surface area (Å²) in [6.07, 6.45) is 0. The van der Waals surface area contributed by atoms with E-state index in [1.807, 2.05) is 30.3 Å². The molecule has 0 unspecified atom stereocenters. The van der Waals surface area contributed by atoms with Crippen LogP contribution in [0.25, 0.3) is 0 Å². The number of benzene rings is 1. The molecule has 0 atom stereocenters. The van der Waals surface area contributed by atoms with Gasteiger partial charge in [0.2, 0.25) is 0 Å².